The van der Waals surface area contributed by atoms with Gasteiger partial charge in [-0.25, -0.2) is 0 Å². The Morgan fingerprint density at radius 3 is 3.10 bits per heavy atom. The lowest BCUT2D eigenvalue weighted by Crippen LogP contribution is -2.16. The maximum absolute atomic E-state index is 11.4. The maximum Gasteiger partial charge on any atom is 0.234 e. The molecule has 1 aromatic carbocycles. The third-order valence-electron chi connectivity index (χ3n) is 3.50. The first-order valence-corrected chi connectivity index (χ1v) is 6.84. The fourth-order valence-corrected chi connectivity index (χ4v) is 2.39. The van der Waals surface area contributed by atoms with Crippen LogP contribution in [-0.2, 0) is 11.2 Å². The van der Waals surface area contributed by atoms with Gasteiger partial charge in [0, 0.05) is 12.0 Å². The van der Waals surface area contributed by atoms with Gasteiger partial charge in [0.1, 0.15) is 11.5 Å². The number of fused-ring (bicyclic) bond motifs is 1. The van der Waals surface area contributed by atoms with Gasteiger partial charge in [0.15, 0.2) is 5.82 Å². The zero-order chi connectivity index (χ0) is 13.9. The molecule has 1 aliphatic rings. The van der Waals surface area contributed by atoms with E-state index in [-0.39, 0.29) is 18.1 Å². The number of hydrogen-bond donors (Lipinski definition) is 0. The standard InChI is InChI=1S/C15H16N2O3/c1-2-10(18)9-14-16-15(17-20-14)12-7-8-19-13-6-4-3-5-11(12)13/h3-6,12H,2,7-9H2,1H3. The highest BCUT2D eigenvalue weighted by atomic mass is 16.5. The van der Waals surface area contributed by atoms with Crippen LogP contribution in [0.2, 0.25) is 0 Å². The lowest BCUT2D eigenvalue weighted by atomic mass is 9.92. The van der Waals surface area contributed by atoms with E-state index in [4.69, 9.17) is 9.26 Å². The summed E-state index contributed by atoms with van der Waals surface area (Å²) in [4.78, 5) is 15.8. The molecule has 1 atom stereocenters. The molecule has 0 amide bonds. The van der Waals surface area contributed by atoms with Crippen LogP contribution in [0, 0.1) is 0 Å². The largest absolute Gasteiger partial charge is 0.493 e. The average Bonchev–Trinajstić information content (AvgIpc) is 2.94. The smallest absolute Gasteiger partial charge is 0.234 e. The Morgan fingerprint density at radius 2 is 2.25 bits per heavy atom. The van der Waals surface area contributed by atoms with Crippen LogP contribution < -0.4 is 4.74 Å². The number of Topliss-reactive ketones (excluding diaryl/α,β-unsaturated/α-hetero) is 1. The molecule has 104 valence electrons. The summed E-state index contributed by atoms with van der Waals surface area (Å²) < 4.78 is 10.8. The molecule has 3 rings (SSSR count). The molecule has 0 bridgehead atoms. The summed E-state index contributed by atoms with van der Waals surface area (Å²) in [6.45, 7) is 2.47. The minimum Gasteiger partial charge on any atom is -0.493 e. The molecule has 0 saturated carbocycles. The van der Waals surface area contributed by atoms with Crippen molar-refractivity contribution in [1.82, 2.24) is 10.1 Å². The second-order valence-electron chi connectivity index (χ2n) is 4.84. The third-order valence-corrected chi connectivity index (χ3v) is 3.50. The molecule has 5 heteroatoms. The number of carbonyl (C=O) groups excluding carboxylic acids is 1. The number of rotatable bonds is 4. The fourth-order valence-electron chi connectivity index (χ4n) is 2.39. The van der Waals surface area contributed by atoms with Crippen LogP contribution in [0.4, 0.5) is 0 Å². The van der Waals surface area contributed by atoms with Gasteiger partial charge < -0.3 is 9.26 Å². The van der Waals surface area contributed by atoms with Crippen LogP contribution in [0.3, 0.4) is 0 Å². The lowest BCUT2D eigenvalue weighted by Gasteiger charge is -2.23. The number of carbonyl (C=O) groups is 1. The second-order valence-corrected chi connectivity index (χ2v) is 4.84. The van der Waals surface area contributed by atoms with Crippen LogP contribution in [0.25, 0.3) is 0 Å². The minimum atomic E-state index is 0.0779. The lowest BCUT2D eigenvalue weighted by molar-refractivity contribution is -0.118. The van der Waals surface area contributed by atoms with E-state index in [0.717, 1.165) is 17.7 Å². The van der Waals surface area contributed by atoms with Crippen LogP contribution in [-0.4, -0.2) is 22.5 Å². The van der Waals surface area contributed by atoms with Gasteiger partial charge in [-0.15, -0.1) is 0 Å². The Hall–Kier alpha value is -2.17. The highest BCUT2D eigenvalue weighted by Crippen LogP contribution is 2.36. The van der Waals surface area contributed by atoms with Crippen molar-refractivity contribution in [2.24, 2.45) is 0 Å². The van der Waals surface area contributed by atoms with Gasteiger partial charge in [0.2, 0.25) is 5.89 Å². The molecule has 1 aliphatic heterocycles. The first kappa shape index (κ1) is 12.8. The van der Waals surface area contributed by atoms with E-state index in [0.29, 0.717) is 24.7 Å². The number of para-hydroxylation sites is 1. The summed E-state index contributed by atoms with van der Waals surface area (Å²) in [6, 6.07) is 7.89. The summed E-state index contributed by atoms with van der Waals surface area (Å²) >= 11 is 0. The third kappa shape index (κ3) is 2.43. The zero-order valence-corrected chi connectivity index (χ0v) is 11.3. The van der Waals surface area contributed by atoms with Gasteiger partial charge in [-0.05, 0) is 12.5 Å². The van der Waals surface area contributed by atoms with E-state index >= 15 is 0 Å². The molecule has 0 aliphatic carbocycles. The van der Waals surface area contributed by atoms with Gasteiger partial charge in [-0.3, -0.25) is 4.79 Å². The Balaban J connectivity index is 1.85. The Morgan fingerprint density at radius 1 is 1.40 bits per heavy atom. The molecular weight excluding hydrogens is 256 g/mol. The number of ketones is 1. The van der Waals surface area contributed by atoms with E-state index in [1.54, 1.807) is 0 Å². The number of ether oxygens (including phenoxy) is 1. The van der Waals surface area contributed by atoms with Crippen molar-refractivity contribution in [3.05, 3.63) is 41.5 Å². The van der Waals surface area contributed by atoms with Crippen LogP contribution in [0.1, 0.15) is 43.0 Å². The predicted molar refractivity (Wildman–Crippen MR) is 71.7 cm³/mol. The number of hydrogen-bond acceptors (Lipinski definition) is 5. The monoisotopic (exact) mass is 272 g/mol. The Kier molecular flexibility index (Phi) is 3.50. The van der Waals surface area contributed by atoms with Crippen LogP contribution in [0.15, 0.2) is 28.8 Å². The van der Waals surface area contributed by atoms with Crippen molar-refractivity contribution < 1.29 is 14.1 Å². The highest BCUT2D eigenvalue weighted by molar-refractivity contribution is 5.79. The van der Waals surface area contributed by atoms with Crippen molar-refractivity contribution in [2.75, 3.05) is 6.61 Å². The van der Waals surface area contributed by atoms with Crippen molar-refractivity contribution in [2.45, 2.75) is 32.1 Å². The normalized spacial score (nSPS) is 17.4. The summed E-state index contributed by atoms with van der Waals surface area (Å²) in [5, 5.41) is 4.03. The van der Waals surface area contributed by atoms with Crippen molar-refractivity contribution in [1.29, 1.82) is 0 Å². The number of benzene rings is 1. The number of nitrogens with zero attached hydrogens (tertiary/aromatic N) is 2. The topological polar surface area (TPSA) is 65.2 Å². The average molecular weight is 272 g/mol. The Labute approximate surface area is 116 Å². The van der Waals surface area contributed by atoms with E-state index in [1.807, 2.05) is 31.2 Å². The maximum atomic E-state index is 11.4. The van der Waals surface area contributed by atoms with E-state index in [2.05, 4.69) is 10.1 Å². The molecule has 0 N–H and O–H groups in total. The predicted octanol–water partition coefficient (Wildman–Crippen LogP) is 2.51. The van der Waals surface area contributed by atoms with Crippen LogP contribution >= 0.6 is 0 Å². The summed E-state index contributed by atoms with van der Waals surface area (Å²) in [7, 11) is 0. The van der Waals surface area contributed by atoms with Crippen molar-refractivity contribution >= 4 is 5.78 Å². The first-order chi connectivity index (χ1) is 9.78. The first-order valence-electron chi connectivity index (χ1n) is 6.84. The summed E-state index contributed by atoms with van der Waals surface area (Å²) in [6.07, 6.45) is 1.52. The Bertz CT molecular complexity index is 621. The molecule has 0 spiro atoms. The molecule has 0 radical (unpaired) electrons. The van der Waals surface area contributed by atoms with Crippen LogP contribution in [0.5, 0.6) is 5.75 Å². The van der Waals surface area contributed by atoms with E-state index in [1.165, 1.54) is 0 Å². The molecule has 1 aromatic heterocycles. The van der Waals surface area contributed by atoms with Gasteiger partial charge in [-0.2, -0.15) is 4.98 Å². The molecule has 0 fully saturated rings. The quantitative estimate of drug-likeness (QED) is 0.855. The summed E-state index contributed by atoms with van der Waals surface area (Å²) in [5.41, 5.74) is 1.08. The second kappa shape index (κ2) is 5.45. The molecule has 5 nitrogen and oxygen atoms in total. The molecule has 2 heterocycles. The minimum absolute atomic E-state index is 0.0779. The van der Waals surface area contributed by atoms with Crippen molar-refractivity contribution in [3.63, 3.8) is 0 Å². The van der Waals surface area contributed by atoms with Crippen molar-refractivity contribution in [3.8, 4) is 5.75 Å². The summed E-state index contributed by atoms with van der Waals surface area (Å²) in [5.74, 6) is 2.09. The zero-order valence-electron chi connectivity index (χ0n) is 11.3. The van der Waals surface area contributed by atoms with Gasteiger partial charge in [0.05, 0.1) is 18.9 Å². The molecule has 1 unspecified atom stereocenters. The van der Waals surface area contributed by atoms with E-state index in [9.17, 15) is 4.79 Å². The molecule has 20 heavy (non-hydrogen) atoms. The molecule has 2 aromatic rings. The number of aromatic nitrogens is 2. The highest BCUT2D eigenvalue weighted by Gasteiger charge is 2.27. The van der Waals surface area contributed by atoms with Gasteiger partial charge in [0.25, 0.3) is 0 Å². The van der Waals surface area contributed by atoms with Gasteiger partial charge in [-0.1, -0.05) is 30.3 Å². The molecule has 0 saturated heterocycles. The SMILES string of the molecule is CCC(=O)Cc1nc(C2CCOc3ccccc32)no1. The van der Waals surface area contributed by atoms with Gasteiger partial charge >= 0.3 is 0 Å². The fraction of sp³-hybridized carbons (Fsp3) is 0.400. The van der Waals surface area contributed by atoms with E-state index < -0.39 is 0 Å². The molecular formula is C15H16N2O3.